The van der Waals surface area contributed by atoms with Crippen LogP contribution in [0, 0.1) is 5.92 Å². The van der Waals surface area contributed by atoms with Gasteiger partial charge in [-0.15, -0.1) is 0 Å². The van der Waals surface area contributed by atoms with Crippen LogP contribution in [-0.2, 0) is 24.7 Å². The molecule has 10 heteroatoms. The first-order valence-corrected chi connectivity index (χ1v) is 13.1. The number of sulfonamides is 1. The topological polar surface area (TPSA) is 122 Å². The number of carbonyl (C=O) groups excluding carboxylic acids is 1. The number of hydrogen-bond acceptors (Lipinski definition) is 6. The Labute approximate surface area is 181 Å². The van der Waals surface area contributed by atoms with Crippen molar-refractivity contribution in [3.63, 3.8) is 0 Å². The van der Waals surface area contributed by atoms with E-state index in [1.807, 2.05) is 13.8 Å². The fraction of sp³-hybridized carbons (Fsp3) is 0.333. The van der Waals surface area contributed by atoms with Gasteiger partial charge in [0.15, 0.2) is 9.84 Å². The van der Waals surface area contributed by atoms with Gasteiger partial charge in [0.25, 0.3) is 10.0 Å². The van der Waals surface area contributed by atoms with E-state index in [2.05, 4.69) is 15.0 Å². The lowest BCUT2D eigenvalue weighted by molar-refractivity contribution is -0.124. The van der Waals surface area contributed by atoms with E-state index in [4.69, 9.17) is 0 Å². The summed E-state index contributed by atoms with van der Waals surface area (Å²) >= 11 is 0. The molecule has 2 aromatic rings. The smallest absolute Gasteiger partial charge is 0.263 e. The van der Waals surface area contributed by atoms with Crippen molar-refractivity contribution in [1.29, 1.82) is 0 Å². The van der Waals surface area contributed by atoms with Crippen LogP contribution in [0.15, 0.2) is 63.3 Å². The van der Waals surface area contributed by atoms with Crippen LogP contribution in [0.1, 0.15) is 37.4 Å². The summed E-state index contributed by atoms with van der Waals surface area (Å²) in [5.74, 6) is -0.517. The number of aliphatic imine (C=N–C) groups is 1. The largest absolute Gasteiger partial charge is 0.347 e. The summed E-state index contributed by atoms with van der Waals surface area (Å²) in [6.07, 6.45) is 0.266. The summed E-state index contributed by atoms with van der Waals surface area (Å²) < 4.78 is 51.8. The van der Waals surface area contributed by atoms with Crippen LogP contribution in [0.25, 0.3) is 0 Å². The second kappa shape index (κ2) is 7.76. The van der Waals surface area contributed by atoms with E-state index in [0.717, 1.165) is 0 Å². The van der Waals surface area contributed by atoms with Crippen LogP contribution < -0.4 is 10.0 Å². The van der Waals surface area contributed by atoms with Crippen molar-refractivity contribution in [2.75, 3.05) is 5.75 Å². The molecular weight excluding hydrogens is 438 g/mol. The van der Waals surface area contributed by atoms with Crippen molar-refractivity contribution in [3.8, 4) is 0 Å². The van der Waals surface area contributed by atoms with Gasteiger partial charge < -0.3 is 5.32 Å². The zero-order chi connectivity index (χ0) is 22.4. The SMILES string of the molecule is CC(C)[C@H](N=C1NS(=O)(=O)c2ccccc21)C(=O)NC1CCS(=O)(=O)c2ccccc21. The Morgan fingerprint density at radius 2 is 1.68 bits per heavy atom. The van der Waals surface area contributed by atoms with Crippen LogP contribution in [0.5, 0.6) is 0 Å². The third-order valence-electron chi connectivity index (χ3n) is 5.45. The molecule has 0 aliphatic carbocycles. The average Bonchev–Trinajstić information content (AvgIpc) is 2.98. The van der Waals surface area contributed by atoms with E-state index in [-0.39, 0.29) is 39.6 Å². The van der Waals surface area contributed by atoms with Crippen molar-refractivity contribution in [2.24, 2.45) is 10.9 Å². The molecule has 2 aliphatic rings. The average molecular weight is 462 g/mol. The fourth-order valence-electron chi connectivity index (χ4n) is 3.88. The number of rotatable bonds is 4. The second-order valence-electron chi connectivity index (χ2n) is 7.97. The first-order chi connectivity index (χ1) is 14.6. The van der Waals surface area contributed by atoms with Gasteiger partial charge in [0.05, 0.1) is 21.6 Å². The Hall–Kier alpha value is -2.72. The van der Waals surface area contributed by atoms with Gasteiger partial charge in [-0.05, 0) is 36.1 Å². The Kier molecular flexibility index (Phi) is 5.38. The molecule has 0 bridgehead atoms. The van der Waals surface area contributed by atoms with Crippen LogP contribution >= 0.6 is 0 Å². The molecule has 2 N–H and O–H groups in total. The van der Waals surface area contributed by atoms with Gasteiger partial charge in [0, 0.05) is 5.56 Å². The molecule has 0 saturated heterocycles. The fourth-order valence-corrected chi connectivity index (χ4v) is 6.74. The zero-order valence-electron chi connectivity index (χ0n) is 17.1. The number of sulfone groups is 1. The summed E-state index contributed by atoms with van der Waals surface area (Å²) in [7, 11) is -7.08. The second-order valence-corrected chi connectivity index (χ2v) is 11.7. The Morgan fingerprint density at radius 1 is 1.03 bits per heavy atom. The summed E-state index contributed by atoms with van der Waals surface area (Å²) in [5, 5.41) is 2.93. The molecule has 1 amide bonds. The standard InChI is InChI=1S/C21H23N3O5S2/c1-13(2)19(23-20-15-8-4-6-10-18(15)31(28,29)24-20)21(25)22-16-11-12-30(26,27)17-9-5-3-7-14(16)17/h3-10,13,16,19H,11-12H2,1-2H3,(H,22,25)(H,23,24)/t16?,19-/m0/s1. The Bertz CT molecular complexity index is 1280. The van der Waals surface area contributed by atoms with Gasteiger partial charge in [0.2, 0.25) is 5.91 Å². The van der Waals surface area contributed by atoms with Crippen LogP contribution in [-0.4, -0.2) is 40.4 Å². The highest BCUT2D eigenvalue weighted by atomic mass is 32.2. The number of fused-ring (bicyclic) bond motifs is 2. The normalized spacial score (nSPS) is 22.9. The van der Waals surface area contributed by atoms with Gasteiger partial charge in [-0.3, -0.25) is 14.5 Å². The third-order valence-corrected chi connectivity index (χ3v) is 8.66. The molecule has 2 aliphatic heterocycles. The lowest BCUT2D eigenvalue weighted by atomic mass is 10.00. The van der Waals surface area contributed by atoms with E-state index in [1.165, 1.54) is 6.07 Å². The number of carbonyl (C=O) groups is 1. The zero-order valence-corrected chi connectivity index (χ0v) is 18.7. The molecule has 2 atom stereocenters. The van der Waals surface area contributed by atoms with Crippen LogP contribution in [0.3, 0.4) is 0 Å². The summed E-state index contributed by atoms with van der Waals surface area (Å²) in [4.78, 5) is 18.0. The maximum atomic E-state index is 13.1. The number of benzene rings is 2. The minimum Gasteiger partial charge on any atom is -0.347 e. The van der Waals surface area contributed by atoms with Crippen molar-refractivity contribution in [1.82, 2.24) is 10.0 Å². The molecule has 0 radical (unpaired) electrons. The molecular formula is C21H23N3O5S2. The Balaban J connectivity index is 1.64. The van der Waals surface area contributed by atoms with E-state index < -0.39 is 31.9 Å². The molecule has 31 heavy (non-hydrogen) atoms. The minimum absolute atomic E-state index is 0.0526. The maximum Gasteiger partial charge on any atom is 0.263 e. The molecule has 164 valence electrons. The predicted octanol–water partition coefficient (Wildman–Crippen LogP) is 1.78. The third kappa shape index (κ3) is 3.97. The van der Waals surface area contributed by atoms with Gasteiger partial charge in [-0.2, -0.15) is 0 Å². The van der Waals surface area contributed by atoms with E-state index in [1.54, 1.807) is 42.5 Å². The summed E-state index contributed by atoms with van der Waals surface area (Å²) in [6, 6.07) is 11.8. The predicted molar refractivity (Wildman–Crippen MR) is 116 cm³/mol. The van der Waals surface area contributed by atoms with E-state index in [0.29, 0.717) is 11.1 Å². The van der Waals surface area contributed by atoms with E-state index in [9.17, 15) is 21.6 Å². The Morgan fingerprint density at radius 3 is 2.39 bits per heavy atom. The maximum absolute atomic E-state index is 13.1. The number of amides is 1. The highest BCUT2D eigenvalue weighted by molar-refractivity contribution is 7.91. The number of hydrogen-bond donors (Lipinski definition) is 2. The van der Waals surface area contributed by atoms with Gasteiger partial charge in [-0.25, -0.2) is 16.8 Å². The van der Waals surface area contributed by atoms with Crippen molar-refractivity contribution >= 4 is 31.6 Å². The van der Waals surface area contributed by atoms with Gasteiger partial charge in [0.1, 0.15) is 11.9 Å². The van der Waals surface area contributed by atoms with Crippen molar-refractivity contribution in [2.45, 2.75) is 42.1 Å². The monoisotopic (exact) mass is 461 g/mol. The highest BCUT2D eigenvalue weighted by Crippen LogP contribution is 2.32. The lowest BCUT2D eigenvalue weighted by Gasteiger charge is -2.28. The number of nitrogens with one attached hydrogen (secondary N) is 2. The number of amidine groups is 1. The first-order valence-electron chi connectivity index (χ1n) is 9.92. The van der Waals surface area contributed by atoms with E-state index >= 15 is 0 Å². The highest BCUT2D eigenvalue weighted by Gasteiger charge is 2.35. The molecule has 4 rings (SSSR count). The quantitative estimate of drug-likeness (QED) is 0.719. The number of nitrogens with zero attached hydrogens (tertiary/aromatic N) is 1. The van der Waals surface area contributed by atoms with Gasteiger partial charge >= 0.3 is 0 Å². The minimum atomic E-state index is -3.71. The summed E-state index contributed by atoms with van der Waals surface area (Å²) in [5.41, 5.74) is 0.985. The molecule has 0 fully saturated rings. The van der Waals surface area contributed by atoms with Crippen molar-refractivity contribution < 1.29 is 21.6 Å². The molecule has 2 heterocycles. The van der Waals surface area contributed by atoms with Gasteiger partial charge in [-0.1, -0.05) is 44.2 Å². The summed E-state index contributed by atoms with van der Waals surface area (Å²) in [6.45, 7) is 3.64. The lowest BCUT2D eigenvalue weighted by Crippen LogP contribution is -2.42. The van der Waals surface area contributed by atoms with Crippen molar-refractivity contribution in [3.05, 3.63) is 59.7 Å². The molecule has 8 nitrogen and oxygen atoms in total. The van der Waals surface area contributed by atoms with Crippen LogP contribution in [0.4, 0.5) is 0 Å². The molecule has 0 aromatic heterocycles. The van der Waals surface area contributed by atoms with Crippen LogP contribution in [0.2, 0.25) is 0 Å². The molecule has 0 saturated carbocycles. The molecule has 1 unspecified atom stereocenters. The first kappa shape index (κ1) is 21.5. The molecule has 2 aromatic carbocycles. The molecule has 0 spiro atoms.